The normalized spacial score (nSPS) is 10.4. The van der Waals surface area contributed by atoms with E-state index in [1.165, 1.54) is 0 Å². The SMILES string of the molecule is O=C(NCc1cccnc1)Nc1ccc(COc2ccccc2-c2cccc(O)c2)cc1. The Bertz CT molecular complexity index is 1180. The number of carbonyl (C=O) groups excluding carboxylic acids is 1. The molecule has 4 rings (SSSR count). The van der Waals surface area contributed by atoms with Crippen LogP contribution in [0.2, 0.25) is 0 Å². The number of hydrogen-bond acceptors (Lipinski definition) is 4. The van der Waals surface area contributed by atoms with E-state index in [4.69, 9.17) is 4.74 Å². The lowest BCUT2D eigenvalue weighted by Gasteiger charge is -2.12. The maximum absolute atomic E-state index is 12.1. The minimum atomic E-state index is -0.280. The van der Waals surface area contributed by atoms with E-state index in [-0.39, 0.29) is 11.8 Å². The van der Waals surface area contributed by atoms with Crippen molar-refractivity contribution in [3.05, 3.63) is 108 Å². The molecule has 0 radical (unpaired) electrons. The van der Waals surface area contributed by atoms with E-state index in [1.807, 2.05) is 66.7 Å². The van der Waals surface area contributed by atoms with Crippen molar-refractivity contribution in [2.24, 2.45) is 0 Å². The van der Waals surface area contributed by atoms with Crippen molar-refractivity contribution < 1.29 is 14.6 Å². The number of nitrogens with one attached hydrogen (secondary N) is 2. The lowest BCUT2D eigenvalue weighted by atomic mass is 10.0. The van der Waals surface area contributed by atoms with Crippen molar-refractivity contribution in [3.8, 4) is 22.6 Å². The molecule has 1 heterocycles. The zero-order valence-corrected chi connectivity index (χ0v) is 17.4. The van der Waals surface area contributed by atoms with Crippen LogP contribution in [0.15, 0.2) is 97.3 Å². The highest BCUT2D eigenvalue weighted by atomic mass is 16.5. The third kappa shape index (κ3) is 5.64. The number of benzene rings is 3. The molecule has 0 fully saturated rings. The molecule has 1 aromatic heterocycles. The number of carbonyl (C=O) groups is 1. The van der Waals surface area contributed by atoms with E-state index in [0.717, 1.165) is 28.0 Å². The van der Waals surface area contributed by atoms with E-state index in [9.17, 15) is 9.90 Å². The first-order valence-corrected chi connectivity index (χ1v) is 10.2. The van der Waals surface area contributed by atoms with Crippen molar-refractivity contribution in [2.45, 2.75) is 13.2 Å². The summed E-state index contributed by atoms with van der Waals surface area (Å²) in [5, 5.41) is 15.4. The molecule has 6 nitrogen and oxygen atoms in total. The third-order valence-corrected chi connectivity index (χ3v) is 4.83. The van der Waals surface area contributed by atoms with Gasteiger partial charge in [-0.1, -0.05) is 48.5 Å². The van der Waals surface area contributed by atoms with Crippen molar-refractivity contribution in [1.29, 1.82) is 0 Å². The molecule has 2 amide bonds. The highest BCUT2D eigenvalue weighted by molar-refractivity contribution is 5.89. The highest BCUT2D eigenvalue weighted by Gasteiger charge is 2.07. The molecule has 160 valence electrons. The minimum Gasteiger partial charge on any atom is -0.508 e. The summed E-state index contributed by atoms with van der Waals surface area (Å²) in [6.07, 6.45) is 3.41. The number of aromatic nitrogens is 1. The lowest BCUT2D eigenvalue weighted by Crippen LogP contribution is -2.28. The topological polar surface area (TPSA) is 83.5 Å². The lowest BCUT2D eigenvalue weighted by molar-refractivity contribution is 0.251. The number of amides is 2. The quantitative estimate of drug-likeness (QED) is 0.372. The number of phenolic OH excluding ortho intramolecular Hbond substituents is 1. The molecule has 0 aliphatic carbocycles. The van der Waals surface area contributed by atoms with E-state index in [1.54, 1.807) is 30.6 Å². The van der Waals surface area contributed by atoms with Crippen LogP contribution in [0.3, 0.4) is 0 Å². The summed E-state index contributed by atoms with van der Waals surface area (Å²) in [5.41, 5.74) is 4.39. The van der Waals surface area contributed by atoms with Gasteiger partial charge in [-0.15, -0.1) is 0 Å². The van der Waals surface area contributed by atoms with Crippen LogP contribution in [0.5, 0.6) is 11.5 Å². The zero-order chi connectivity index (χ0) is 22.2. The third-order valence-electron chi connectivity index (χ3n) is 4.83. The van der Waals surface area contributed by atoms with Gasteiger partial charge in [-0.2, -0.15) is 0 Å². The monoisotopic (exact) mass is 425 g/mol. The maximum atomic E-state index is 12.1. The van der Waals surface area contributed by atoms with Crippen LogP contribution in [0.4, 0.5) is 10.5 Å². The fraction of sp³-hybridized carbons (Fsp3) is 0.0769. The van der Waals surface area contributed by atoms with Gasteiger partial charge in [0.2, 0.25) is 0 Å². The molecule has 6 heteroatoms. The molecule has 0 atom stereocenters. The Morgan fingerprint density at radius 1 is 0.906 bits per heavy atom. The zero-order valence-electron chi connectivity index (χ0n) is 17.4. The van der Waals surface area contributed by atoms with Gasteiger partial charge in [0.25, 0.3) is 0 Å². The second-order valence-electron chi connectivity index (χ2n) is 7.20. The van der Waals surface area contributed by atoms with E-state index >= 15 is 0 Å². The number of para-hydroxylation sites is 1. The number of phenols is 1. The highest BCUT2D eigenvalue weighted by Crippen LogP contribution is 2.32. The molecular weight excluding hydrogens is 402 g/mol. The van der Waals surface area contributed by atoms with E-state index < -0.39 is 0 Å². The molecule has 32 heavy (non-hydrogen) atoms. The molecule has 0 aliphatic heterocycles. The Morgan fingerprint density at radius 3 is 2.53 bits per heavy atom. The molecule has 3 aromatic carbocycles. The van der Waals surface area contributed by atoms with Crippen molar-refractivity contribution in [2.75, 3.05) is 5.32 Å². The fourth-order valence-electron chi connectivity index (χ4n) is 3.21. The van der Waals surface area contributed by atoms with Crippen LogP contribution >= 0.6 is 0 Å². The number of nitrogens with zero attached hydrogens (tertiary/aromatic N) is 1. The van der Waals surface area contributed by atoms with Gasteiger partial charge >= 0.3 is 6.03 Å². The van der Waals surface area contributed by atoms with Gasteiger partial charge in [-0.3, -0.25) is 4.98 Å². The molecule has 0 aliphatic rings. The van der Waals surface area contributed by atoms with Crippen molar-refractivity contribution in [3.63, 3.8) is 0 Å². The standard InChI is InChI=1S/C26H23N3O3/c30-23-7-3-6-21(15-23)24-8-1-2-9-25(24)32-18-19-10-12-22(13-11-19)29-26(31)28-17-20-5-4-14-27-16-20/h1-16,30H,17-18H2,(H2,28,29,31). The molecule has 0 unspecified atom stereocenters. The van der Waals surface area contributed by atoms with Crippen LogP contribution in [0, 0.1) is 0 Å². The number of anilines is 1. The number of aromatic hydroxyl groups is 1. The first-order chi connectivity index (χ1) is 15.7. The Morgan fingerprint density at radius 2 is 1.75 bits per heavy atom. The Balaban J connectivity index is 1.33. The average Bonchev–Trinajstić information content (AvgIpc) is 2.83. The smallest absolute Gasteiger partial charge is 0.319 e. The summed E-state index contributed by atoms with van der Waals surface area (Å²) in [4.78, 5) is 16.1. The fourth-order valence-corrected chi connectivity index (χ4v) is 3.21. The van der Waals surface area contributed by atoms with Crippen LogP contribution < -0.4 is 15.4 Å². The van der Waals surface area contributed by atoms with Crippen molar-refractivity contribution in [1.82, 2.24) is 10.3 Å². The molecule has 4 aromatic rings. The van der Waals surface area contributed by atoms with Gasteiger partial charge in [0, 0.05) is 30.2 Å². The van der Waals surface area contributed by atoms with Gasteiger partial charge in [0.15, 0.2) is 0 Å². The Hall–Kier alpha value is -4.32. The Kier molecular flexibility index (Phi) is 6.63. The predicted molar refractivity (Wildman–Crippen MR) is 124 cm³/mol. The number of hydrogen-bond donors (Lipinski definition) is 3. The van der Waals surface area contributed by atoms with Crippen LogP contribution in [0.1, 0.15) is 11.1 Å². The van der Waals surface area contributed by atoms with Crippen LogP contribution in [-0.2, 0) is 13.2 Å². The summed E-state index contributed by atoms with van der Waals surface area (Å²) >= 11 is 0. The van der Waals surface area contributed by atoms with Crippen molar-refractivity contribution >= 4 is 11.7 Å². The largest absolute Gasteiger partial charge is 0.508 e. The molecule has 0 saturated heterocycles. The first kappa shape index (κ1) is 20.9. The Labute approximate surface area is 186 Å². The van der Waals surface area contributed by atoms with Crippen LogP contribution in [-0.4, -0.2) is 16.1 Å². The van der Waals surface area contributed by atoms with Gasteiger partial charge < -0.3 is 20.5 Å². The second kappa shape index (κ2) is 10.1. The number of pyridine rings is 1. The first-order valence-electron chi connectivity index (χ1n) is 10.2. The van der Waals surface area contributed by atoms with Gasteiger partial charge in [-0.05, 0) is 53.1 Å². The van der Waals surface area contributed by atoms with Crippen LogP contribution in [0.25, 0.3) is 11.1 Å². The van der Waals surface area contributed by atoms with Gasteiger partial charge in [-0.25, -0.2) is 4.79 Å². The molecule has 0 bridgehead atoms. The van der Waals surface area contributed by atoms with E-state index in [2.05, 4.69) is 15.6 Å². The molecule has 0 spiro atoms. The molecule has 0 saturated carbocycles. The van der Waals surface area contributed by atoms with E-state index in [0.29, 0.717) is 18.8 Å². The molecular formula is C26H23N3O3. The van der Waals surface area contributed by atoms with Gasteiger partial charge in [0.05, 0.1) is 0 Å². The summed E-state index contributed by atoms with van der Waals surface area (Å²) in [6.45, 7) is 0.785. The van der Waals surface area contributed by atoms with Gasteiger partial charge in [0.1, 0.15) is 18.1 Å². The number of ether oxygens (including phenoxy) is 1. The summed E-state index contributed by atoms with van der Waals surface area (Å²) in [6, 6.07) is 25.8. The minimum absolute atomic E-state index is 0.213. The number of rotatable bonds is 7. The number of urea groups is 1. The average molecular weight is 425 g/mol. The summed E-state index contributed by atoms with van der Waals surface area (Å²) < 4.78 is 6.04. The maximum Gasteiger partial charge on any atom is 0.319 e. The predicted octanol–water partition coefficient (Wildman–Crippen LogP) is 5.35. The molecule has 3 N–H and O–H groups in total. The summed E-state index contributed by atoms with van der Waals surface area (Å²) in [7, 11) is 0. The summed E-state index contributed by atoms with van der Waals surface area (Å²) in [5.74, 6) is 0.944. The second-order valence-corrected chi connectivity index (χ2v) is 7.20.